The van der Waals surface area contributed by atoms with Crippen LogP contribution in [0.25, 0.3) is 0 Å². The van der Waals surface area contributed by atoms with E-state index in [1.807, 2.05) is 20.9 Å². The van der Waals surface area contributed by atoms with Gasteiger partial charge in [-0.05, 0) is 65.6 Å². The number of amidine groups is 1. The van der Waals surface area contributed by atoms with E-state index in [0.717, 1.165) is 82.6 Å². The van der Waals surface area contributed by atoms with E-state index in [1.165, 1.54) is 0 Å². The van der Waals surface area contributed by atoms with Gasteiger partial charge in [0.15, 0.2) is 0 Å². The number of nitrogens with one attached hydrogen (secondary N) is 2. The van der Waals surface area contributed by atoms with Crippen molar-refractivity contribution in [3.05, 3.63) is 35.3 Å². The molecule has 0 atom stereocenters. The number of hydrogen-bond donors (Lipinski definition) is 2. The number of carbonyl (C=O) groups is 1. The van der Waals surface area contributed by atoms with Crippen LogP contribution in [0.2, 0.25) is 0 Å². The minimum atomic E-state index is -4.51. The van der Waals surface area contributed by atoms with Gasteiger partial charge in [0.2, 0.25) is 0 Å². The number of nitrogens with zero attached hydrogens (tertiary/aromatic N) is 2. The number of aldehydes is 1. The van der Waals surface area contributed by atoms with Crippen LogP contribution in [0.5, 0.6) is 0 Å². The van der Waals surface area contributed by atoms with Gasteiger partial charge in [-0.3, -0.25) is 0 Å². The number of halogens is 3. The van der Waals surface area contributed by atoms with Gasteiger partial charge in [-0.2, -0.15) is 13.2 Å². The quantitative estimate of drug-likeness (QED) is 0.0667. The normalized spacial score (nSPS) is 14.0. The number of rotatable bonds is 19. The summed E-state index contributed by atoms with van der Waals surface area (Å²) in [4.78, 5) is 16.6. The van der Waals surface area contributed by atoms with E-state index in [-0.39, 0.29) is 5.70 Å². The zero-order valence-corrected chi connectivity index (χ0v) is 22.4. The van der Waals surface area contributed by atoms with Gasteiger partial charge in [0.1, 0.15) is 12.1 Å². The molecule has 0 bridgehead atoms. The van der Waals surface area contributed by atoms with Crippen molar-refractivity contribution in [3.63, 3.8) is 0 Å². The van der Waals surface area contributed by atoms with Crippen LogP contribution in [-0.2, 0) is 4.79 Å². The van der Waals surface area contributed by atoms with Crippen molar-refractivity contribution in [2.75, 3.05) is 26.7 Å². The standard InChI is InChI=1S/C27H47F3N4O/c1-6-9-16-24(8-3)33-23(4)32-22-25(27(28,29)30)26(17-10-7-2)31-18-15-20-34(5)19-13-11-12-14-21-35/h16-17,21-22,31H,6-15,18-20H2,1-5H3,(H,32,33)/b24-16+,25-22+,26-17-. The third-order valence-corrected chi connectivity index (χ3v) is 5.42. The number of alkyl halides is 3. The number of aliphatic imine (C=N–C) groups is 1. The largest absolute Gasteiger partial charge is 0.419 e. The topological polar surface area (TPSA) is 56.7 Å². The van der Waals surface area contributed by atoms with Crippen molar-refractivity contribution in [1.82, 2.24) is 15.5 Å². The Morgan fingerprint density at radius 2 is 1.60 bits per heavy atom. The molecule has 0 amide bonds. The molecule has 0 unspecified atom stereocenters. The molecule has 0 aromatic carbocycles. The summed E-state index contributed by atoms with van der Waals surface area (Å²) >= 11 is 0. The minimum absolute atomic E-state index is 0.0876. The molecule has 0 aromatic rings. The molecule has 0 fully saturated rings. The smallest absolute Gasteiger partial charge is 0.385 e. The Kier molecular flexibility index (Phi) is 18.9. The van der Waals surface area contributed by atoms with E-state index >= 15 is 0 Å². The van der Waals surface area contributed by atoms with Crippen LogP contribution < -0.4 is 10.6 Å². The molecule has 0 saturated heterocycles. The van der Waals surface area contributed by atoms with Crippen LogP contribution in [0.1, 0.15) is 91.9 Å². The Balaban J connectivity index is 5.17. The highest BCUT2D eigenvalue weighted by Gasteiger charge is 2.36. The maximum absolute atomic E-state index is 13.9. The van der Waals surface area contributed by atoms with Gasteiger partial charge in [0.25, 0.3) is 0 Å². The highest BCUT2D eigenvalue weighted by molar-refractivity contribution is 5.81. The third-order valence-electron chi connectivity index (χ3n) is 5.42. The number of allylic oxidation sites excluding steroid dienone is 4. The molecular weight excluding hydrogens is 453 g/mol. The lowest BCUT2D eigenvalue weighted by molar-refractivity contribution is -0.108. The maximum atomic E-state index is 13.9. The Bertz CT molecular complexity index is 697. The summed E-state index contributed by atoms with van der Waals surface area (Å²) in [5, 5.41) is 6.13. The molecule has 5 nitrogen and oxygen atoms in total. The van der Waals surface area contributed by atoms with Crippen molar-refractivity contribution in [2.45, 2.75) is 98.1 Å². The van der Waals surface area contributed by atoms with E-state index in [1.54, 1.807) is 13.0 Å². The van der Waals surface area contributed by atoms with Crippen molar-refractivity contribution in [1.29, 1.82) is 0 Å². The molecule has 0 heterocycles. The Labute approximate surface area is 211 Å². The number of hydrogen-bond acceptors (Lipinski definition) is 4. The van der Waals surface area contributed by atoms with E-state index < -0.39 is 11.7 Å². The highest BCUT2D eigenvalue weighted by atomic mass is 19.4. The summed E-state index contributed by atoms with van der Waals surface area (Å²) in [7, 11) is 2.01. The van der Waals surface area contributed by atoms with Crippen LogP contribution in [0.4, 0.5) is 13.2 Å². The summed E-state index contributed by atoms with van der Waals surface area (Å²) in [6.07, 6.45) is 9.28. The van der Waals surface area contributed by atoms with Gasteiger partial charge in [0.05, 0.1) is 5.57 Å². The van der Waals surface area contributed by atoms with Gasteiger partial charge < -0.3 is 20.3 Å². The predicted molar refractivity (Wildman–Crippen MR) is 141 cm³/mol. The average molecular weight is 501 g/mol. The van der Waals surface area contributed by atoms with Crippen molar-refractivity contribution < 1.29 is 18.0 Å². The van der Waals surface area contributed by atoms with Crippen molar-refractivity contribution in [2.24, 2.45) is 4.99 Å². The van der Waals surface area contributed by atoms with E-state index in [9.17, 15) is 18.0 Å². The van der Waals surface area contributed by atoms with Crippen LogP contribution >= 0.6 is 0 Å². The fourth-order valence-electron chi connectivity index (χ4n) is 3.36. The molecule has 0 aliphatic heterocycles. The third kappa shape index (κ3) is 17.1. The fourth-order valence-corrected chi connectivity index (χ4v) is 3.36. The van der Waals surface area contributed by atoms with Crippen LogP contribution in [0.3, 0.4) is 0 Å². The van der Waals surface area contributed by atoms with Gasteiger partial charge in [-0.15, -0.1) is 0 Å². The number of unbranched alkanes of at least 4 members (excludes halogenated alkanes) is 5. The van der Waals surface area contributed by atoms with E-state index in [4.69, 9.17) is 0 Å². The van der Waals surface area contributed by atoms with Crippen LogP contribution in [-0.4, -0.2) is 49.9 Å². The van der Waals surface area contributed by atoms with Crippen LogP contribution in [0, 0.1) is 0 Å². The second-order valence-electron chi connectivity index (χ2n) is 8.76. The Morgan fingerprint density at radius 3 is 2.20 bits per heavy atom. The molecule has 8 heteroatoms. The average Bonchev–Trinajstić information content (AvgIpc) is 2.81. The summed E-state index contributed by atoms with van der Waals surface area (Å²) in [6.45, 7) is 9.85. The minimum Gasteiger partial charge on any atom is -0.385 e. The van der Waals surface area contributed by atoms with Gasteiger partial charge in [0, 0.05) is 30.6 Å². The molecule has 0 rings (SSSR count). The molecule has 0 saturated carbocycles. The zero-order chi connectivity index (χ0) is 26.5. The second kappa shape index (κ2) is 20.1. The zero-order valence-electron chi connectivity index (χ0n) is 22.4. The molecule has 2 N–H and O–H groups in total. The second-order valence-corrected chi connectivity index (χ2v) is 8.76. The summed E-state index contributed by atoms with van der Waals surface area (Å²) in [5.74, 6) is 0.431. The molecule has 0 aromatic heterocycles. The van der Waals surface area contributed by atoms with Gasteiger partial charge >= 0.3 is 6.18 Å². The van der Waals surface area contributed by atoms with Gasteiger partial charge in [-0.25, -0.2) is 4.99 Å². The molecular formula is C27H47F3N4O. The van der Waals surface area contributed by atoms with Crippen LogP contribution in [0.15, 0.2) is 40.3 Å². The molecule has 0 aliphatic rings. The maximum Gasteiger partial charge on any atom is 0.419 e. The molecule has 0 spiro atoms. The monoisotopic (exact) mass is 500 g/mol. The van der Waals surface area contributed by atoms with E-state index in [2.05, 4.69) is 33.5 Å². The lowest BCUT2D eigenvalue weighted by Gasteiger charge is -2.19. The first-order valence-electron chi connectivity index (χ1n) is 13.0. The molecule has 0 radical (unpaired) electrons. The van der Waals surface area contributed by atoms with E-state index in [0.29, 0.717) is 25.2 Å². The van der Waals surface area contributed by atoms with Crippen molar-refractivity contribution in [3.8, 4) is 0 Å². The lowest BCUT2D eigenvalue weighted by Crippen LogP contribution is -2.28. The molecule has 202 valence electrons. The first-order chi connectivity index (χ1) is 16.7. The Hall–Kier alpha value is -2.09. The summed E-state index contributed by atoms with van der Waals surface area (Å²) in [5.41, 5.74) is 0.290. The first-order valence-corrected chi connectivity index (χ1v) is 13.0. The SMILES string of the molecule is CCC/C=C(NCCCN(C)CCCCCC=O)/C(=C\N=C(C)N/C(=C/CCC)CC)C(F)(F)F. The molecule has 35 heavy (non-hydrogen) atoms. The Morgan fingerprint density at radius 1 is 0.943 bits per heavy atom. The first kappa shape index (κ1) is 32.9. The molecule has 0 aliphatic carbocycles. The number of carbonyl (C=O) groups excluding carboxylic acids is 1. The van der Waals surface area contributed by atoms with Gasteiger partial charge in [-0.1, -0.05) is 52.2 Å². The van der Waals surface area contributed by atoms with Crippen molar-refractivity contribution >= 4 is 12.1 Å². The highest BCUT2D eigenvalue weighted by Crippen LogP contribution is 2.30. The lowest BCUT2D eigenvalue weighted by atomic mass is 10.1. The summed E-state index contributed by atoms with van der Waals surface area (Å²) in [6, 6.07) is 0. The predicted octanol–water partition coefficient (Wildman–Crippen LogP) is 6.89. The fraction of sp³-hybridized carbons (Fsp3) is 0.704. The summed E-state index contributed by atoms with van der Waals surface area (Å²) < 4.78 is 41.8.